The first kappa shape index (κ1) is 14.7. The summed E-state index contributed by atoms with van der Waals surface area (Å²) in [6.07, 6.45) is 0. The Hall–Kier alpha value is -1.23. The summed E-state index contributed by atoms with van der Waals surface area (Å²) in [6, 6.07) is 11.9. The first-order chi connectivity index (χ1) is 10.1. The molecule has 0 saturated heterocycles. The largest absolute Gasteiger partial charge is 0.378 e. The number of halogens is 3. The molecule has 0 atom stereocenters. The van der Waals surface area contributed by atoms with Crippen LogP contribution in [-0.2, 0) is 13.6 Å². The molecule has 0 amide bonds. The SMILES string of the molecule is Cn1nc(CNc2ccc(Br)c(Cl)c2Cl)c2ccccc21. The number of nitrogens with zero attached hydrogens (tertiary/aromatic N) is 2. The van der Waals surface area contributed by atoms with Crippen molar-refractivity contribution in [2.45, 2.75) is 6.54 Å². The molecule has 6 heteroatoms. The number of aryl methyl sites for hydroxylation is 1. The fourth-order valence-electron chi connectivity index (χ4n) is 2.26. The van der Waals surface area contributed by atoms with Crippen molar-refractivity contribution in [3.05, 3.63) is 56.6 Å². The lowest BCUT2D eigenvalue weighted by atomic mass is 10.2. The number of hydrogen-bond acceptors (Lipinski definition) is 2. The van der Waals surface area contributed by atoms with Gasteiger partial charge in [-0.05, 0) is 34.1 Å². The summed E-state index contributed by atoms with van der Waals surface area (Å²) in [5.41, 5.74) is 2.87. The number of nitrogens with one attached hydrogen (secondary N) is 1. The third kappa shape index (κ3) is 2.76. The van der Waals surface area contributed by atoms with Crippen molar-refractivity contribution in [2.75, 3.05) is 5.32 Å². The van der Waals surface area contributed by atoms with Crippen LogP contribution in [0.25, 0.3) is 10.9 Å². The average molecular weight is 385 g/mol. The highest BCUT2D eigenvalue weighted by atomic mass is 79.9. The van der Waals surface area contributed by atoms with E-state index in [-0.39, 0.29) is 0 Å². The lowest BCUT2D eigenvalue weighted by Gasteiger charge is -2.09. The number of hydrogen-bond donors (Lipinski definition) is 1. The Balaban J connectivity index is 1.89. The van der Waals surface area contributed by atoms with E-state index >= 15 is 0 Å². The Bertz CT molecular complexity index is 814. The second-order valence-corrected chi connectivity index (χ2v) is 6.27. The molecule has 3 nitrogen and oxygen atoms in total. The van der Waals surface area contributed by atoms with Crippen molar-refractivity contribution in [3.8, 4) is 0 Å². The van der Waals surface area contributed by atoms with E-state index in [1.165, 1.54) is 0 Å². The van der Waals surface area contributed by atoms with E-state index in [2.05, 4.69) is 38.5 Å². The molecular formula is C15H12BrCl2N3. The highest BCUT2D eigenvalue weighted by molar-refractivity contribution is 9.10. The zero-order valence-corrected chi connectivity index (χ0v) is 14.3. The third-order valence-corrected chi connectivity index (χ3v) is 5.09. The quantitative estimate of drug-likeness (QED) is 0.624. The van der Waals surface area contributed by atoms with Gasteiger partial charge in [0.2, 0.25) is 0 Å². The van der Waals surface area contributed by atoms with Crippen molar-refractivity contribution >= 4 is 55.7 Å². The van der Waals surface area contributed by atoms with E-state index in [4.69, 9.17) is 23.2 Å². The Morgan fingerprint density at radius 3 is 2.71 bits per heavy atom. The Morgan fingerprint density at radius 2 is 1.90 bits per heavy atom. The Labute approximate surface area is 141 Å². The van der Waals surface area contributed by atoms with Crippen LogP contribution in [0.1, 0.15) is 5.69 Å². The lowest BCUT2D eigenvalue weighted by Crippen LogP contribution is -2.02. The van der Waals surface area contributed by atoms with Gasteiger partial charge in [0.15, 0.2) is 0 Å². The van der Waals surface area contributed by atoms with E-state index in [1.807, 2.05) is 36.0 Å². The second kappa shape index (κ2) is 5.87. The second-order valence-electron chi connectivity index (χ2n) is 4.66. The maximum Gasteiger partial charge on any atom is 0.0894 e. The molecule has 0 saturated carbocycles. The van der Waals surface area contributed by atoms with E-state index in [0.717, 1.165) is 26.8 Å². The fourth-order valence-corrected chi connectivity index (χ4v) is 3.10. The van der Waals surface area contributed by atoms with Crippen LogP contribution in [0.3, 0.4) is 0 Å². The van der Waals surface area contributed by atoms with Gasteiger partial charge < -0.3 is 5.32 Å². The zero-order chi connectivity index (χ0) is 15.0. The van der Waals surface area contributed by atoms with Crippen LogP contribution in [-0.4, -0.2) is 9.78 Å². The van der Waals surface area contributed by atoms with E-state index in [9.17, 15) is 0 Å². The number of benzene rings is 2. The van der Waals surface area contributed by atoms with Gasteiger partial charge in [-0.3, -0.25) is 4.68 Å². The van der Waals surface area contributed by atoms with Crippen LogP contribution in [0.15, 0.2) is 40.9 Å². The number of aromatic nitrogens is 2. The summed E-state index contributed by atoms with van der Waals surface area (Å²) >= 11 is 15.7. The average Bonchev–Trinajstić information content (AvgIpc) is 2.81. The highest BCUT2D eigenvalue weighted by Crippen LogP contribution is 2.36. The molecule has 21 heavy (non-hydrogen) atoms. The van der Waals surface area contributed by atoms with E-state index in [1.54, 1.807) is 0 Å². The van der Waals surface area contributed by atoms with E-state index < -0.39 is 0 Å². The van der Waals surface area contributed by atoms with E-state index in [0.29, 0.717) is 16.6 Å². The van der Waals surface area contributed by atoms with Gasteiger partial charge in [-0.25, -0.2) is 0 Å². The van der Waals surface area contributed by atoms with Gasteiger partial charge in [-0.15, -0.1) is 0 Å². The van der Waals surface area contributed by atoms with Crippen LogP contribution in [0, 0.1) is 0 Å². The summed E-state index contributed by atoms with van der Waals surface area (Å²) in [5.74, 6) is 0. The van der Waals surface area contributed by atoms with Gasteiger partial charge in [0.25, 0.3) is 0 Å². The Kier molecular flexibility index (Phi) is 4.11. The van der Waals surface area contributed by atoms with Gasteiger partial charge in [-0.1, -0.05) is 41.4 Å². The summed E-state index contributed by atoms with van der Waals surface area (Å²) < 4.78 is 2.66. The molecule has 0 radical (unpaired) electrons. The van der Waals surface area contributed by atoms with Crippen LogP contribution < -0.4 is 5.32 Å². The normalized spacial score (nSPS) is 11.0. The van der Waals surface area contributed by atoms with Crippen molar-refractivity contribution in [1.82, 2.24) is 9.78 Å². The minimum Gasteiger partial charge on any atom is -0.378 e. The van der Waals surface area contributed by atoms with Crippen LogP contribution >= 0.6 is 39.1 Å². The summed E-state index contributed by atoms with van der Waals surface area (Å²) in [6.45, 7) is 0.582. The fraction of sp³-hybridized carbons (Fsp3) is 0.133. The van der Waals surface area contributed by atoms with Crippen molar-refractivity contribution in [1.29, 1.82) is 0 Å². The predicted molar refractivity (Wildman–Crippen MR) is 92.2 cm³/mol. The molecule has 1 aromatic heterocycles. The molecule has 0 spiro atoms. The molecule has 3 rings (SSSR count). The lowest BCUT2D eigenvalue weighted by molar-refractivity contribution is 0.771. The zero-order valence-electron chi connectivity index (χ0n) is 11.2. The Morgan fingerprint density at radius 1 is 1.14 bits per heavy atom. The number of anilines is 1. The maximum absolute atomic E-state index is 6.24. The first-order valence-corrected chi connectivity index (χ1v) is 7.91. The molecule has 2 aromatic carbocycles. The van der Waals surface area contributed by atoms with Crippen molar-refractivity contribution < 1.29 is 0 Å². The molecule has 108 valence electrons. The van der Waals surface area contributed by atoms with Gasteiger partial charge in [-0.2, -0.15) is 5.10 Å². The molecule has 1 N–H and O–H groups in total. The maximum atomic E-state index is 6.24. The number of para-hydroxylation sites is 1. The minimum absolute atomic E-state index is 0.506. The van der Waals surface area contributed by atoms with Crippen LogP contribution in [0.5, 0.6) is 0 Å². The number of rotatable bonds is 3. The van der Waals surface area contributed by atoms with Gasteiger partial charge in [0.1, 0.15) is 0 Å². The molecule has 0 aliphatic rings. The van der Waals surface area contributed by atoms with Crippen LogP contribution in [0.4, 0.5) is 5.69 Å². The molecule has 0 aliphatic carbocycles. The topological polar surface area (TPSA) is 29.9 Å². The minimum atomic E-state index is 0.506. The molecule has 3 aromatic rings. The first-order valence-electron chi connectivity index (χ1n) is 6.36. The number of fused-ring (bicyclic) bond motifs is 1. The molecular weight excluding hydrogens is 373 g/mol. The predicted octanol–water partition coefficient (Wildman–Crippen LogP) is 5.25. The third-order valence-electron chi connectivity index (χ3n) is 3.32. The molecule has 0 fully saturated rings. The molecule has 0 bridgehead atoms. The summed E-state index contributed by atoms with van der Waals surface area (Å²) in [5, 5.41) is 9.98. The standard InChI is InChI=1S/C15H12BrCl2N3/c1-21-13-5-3-2-4-9(13)12(20-21)8-19-11-7-6-10(16)14(17)15(11)18/h2-7,19H,8H2,1H3. The van der Waals surface area contributed by atoms with Gasteiger partial charge >= 0.3 is 0 Å². The summed E-state index contributed by atoms with van der Waals surface area (Å²) in [7, 11) is 1.94. The van der Waals surface area contributed by atoms with Gasteiger partial charge in [0, 0.05) is 16.9 Å². The highest BCUT2D eigenvalue weighted by Gasteiger charge is 2.11. The van der Waals surface area contributed by atoms with Crippen molar-refractivity contribution in [2.24, 2.45) is 7.05 Å². The molecule has 0 aliphatic heterocycles. The summed E-state index contributed by atoms with van der Waals surface area (Å²) in [4.78, 5) is 0. The molecule has 0 unspecified atom stereocenters. The molecule has 1 heterocycles. The monoisotopic (exact) mass is 383 g/mol. The van der Waals surface area contributed by atoms with Crippen molar-refractivity contribution in [3.63, 3.8) is 0 Å². The van der Waals surface area contributed by atoms with Gasteiger partial charge in [0.05, 0.1) is 33.5 Å². The van der Waals surface area contributed by atoms with Crippen LogP contribution in [0.2, 0.25) is 10.0 Å². The smallest absolute Gasteiger partial charge is 0.0894 e.